The summed E-state index contributed by atoms with van der Waals surface area (Å²) < 4.78 is 0. The fourth-order valence-electron chi connectivity index (χ4n) is 4.85. The summed E-state index contributed by atoms with van der Waals surface area (Å²) in [6, 6.07) is 9.63. The van der Waals surface area contributed by atoms with Crippen molar-refractivity contribution in [2.75, 3.05) is 0 Å². The third-order valence-electron chi connectivity index (χ3n) is 6.24. The van der Waals surface area contributed by atoms with Gasteiger partial charge >= 0.3 is 0 Å². The van der Waals surface area contributed by atoms with Crippen molar-refractivity contribution < 1.29 is 25.8 Å². The van der Waals surface area contributed by atoms with Crippen molar-refractivity contribution in [3.05, 3.63) is 79.8 Å². The summed E-state index contributed by atoms with van der Waals surface area (Å²) in [4.78, 5) is 1.60. The predicted molar refractivity (Wildman–Crippen MR) is 107 cm³/mol. The molecule has 128 valence electrons. The zero-order chi connectivity index (χ0) is 16.4. The van der Waals surface area contributed by atoms with Crippen LogP contribution in [0.2, 0.25) is 0 Å². The maximum absolute atomic E-state index is 3.27. The SMILES string of the molecule is C1=C2SC2c2cc3c(cc21)CCC3.[C-]1=Cc2cc3c(cc2C1)CCC3.[Hf]. The fraction of sp³-hybridized carbons (Fsp3) is 0.333. The van der Waals surface area contributed by atoms with Gasteiger partial charge in [-0.25, -0.2) is 6.08 Å². The Bertz CT molecular complexity index is 966. The fourth-order valence-corrected chi connectivity index (χ4v) is 5.77. The molecule has 0 nitrogen and oxygen atoms in total. The summed E-state index contributed by atoms with van der Waals surface area (Å²) in [5.41, 5.74) is 12.4. The zero-order valence-electron chi connectivity index (χ0n) is 14.9. The number of hydrogen-bond acceptors (Lipinski definition) is 1. The molecule has 0 radical (unpaired) electrons. The second kappa shape index (κ2) is 6.63. The topological polar surface area (TPSA) is 0 Å². The summed E-state index contributed by atoms with van der Waals surface area (Å²) in [6.45, 7) is 0. The summed E-state index contributed by atoms with van der Waals surface area (Å²) in [5, 5.41) is 0.765. The molecule has 1 saturated heterocycles. The summed E-state index contributed by atoms with van der Waals surface area (Å²) >= 11 is 2.03. The van der Waals surface area contributed by atoms with E-state index in [-0.39, 0.29) is 25.8 Å². The van der Waals surface area contributed by atoms with Gasteiger partial charge in [0, 0.05) is 30.7 Å². The summed E-state index contributed by atoms with van der Waals surface area (Å²) in [5.74, 6) is 0. The molecule has 0 N–H and O–H groups in total. The number of benzene rings is 2. The van der Waals surface area contributed by atoms with Crippen LogP contribution >= 0.6 is 11.8 Å². The van der Waals surface area contributed by atoms with Crippen molar-refractivity contribution in [3.63, 3.8) is 0 Å². The smallest absolute Gasteiger partial charge is 0.0656 e. The van der Waals surface area contributed by atoms with Gasteiger partial charge in [0.1, 0.15) is 0 Å². The van der Waals surface area contributed by atoms with Crippen molar-refractivity contribution in [3.8, 4) is 0 Å². The van der Waals surface area contributed by atoms with E-state index in [2.05, 4.69) is 42.5 Å². The Labute approximate surface area is 178 Å². The molecule has 2 heteroatoms. The average molecular weight is 520 g/mol. The summed E-state index contributed by atoms with van der Waals surface area (Å²) in [6.07, 6.45) is 16.7. The first kappa shape index (κ1) is 17.3. The molecule has 2 aromatic carbocycles. The predicted octanol–water partition coefficient (Wildman–Crippen LogP) is 5.86. The van der Waals surface area contributed by atoms with E-state index in [1.165, 1.54) is 55.2 Å². The average Bonchev–Trinajstić information content (AvgIpc) is 3.09. The minimum atomic E-state index is 0. The molecule has 0 bridgehead atoms. The van der Waals surface area contributed by atoms with Crippen LogP contribution in [0.4, 0.5) is 0 Å². The van der Waals surface area contributed by atoms with Crippen LogP contribution < -0.4 is 0 Å². The Morgan fingerprint density at radius 2 is 1.42 bits per heavy atom. The number of rotatable bonds is 0. The van der Waals surface area contributed by atoms with Crippen LogP contribution in [-0.4, -0.2) is 0 Å². The van der Waals surface area contributed by atoms with Crippen LogP contribution in [0, 0.1) is 6.08 Å². The van der Waals surface area contributed by atoms with Gasteiger partial charge in [0.05, 0.1) is 5.25 Å². The van der Waals surface area contributed by atoms with Crippen molar-refractivity contribution >= 4 is 23.9 Å². The van der Waals surface area contributed by atoms with Gasteiger partial charge in [0.25, 0.3) is 0 Å². The van der Waals surface area contributed by atoms with Gasteiger partial charge in [-0.3, -0.25) is 6.08 Å². The van der Waals surface area contributed by atoms with Crippen molar-refractivity contribution in [2.24, 2.45) is 0 Å². The standard InChI is InChI=1S/C12H10S.C12H11.Hf/c1-2-7-4-9-6-11-12(13-11)10(9)5-8(7)3-1;1-3-9-7-11-5-2-6-12(11)8-10(9)4-1;/h4-6,12H,1-3H2;5,7-8H,1,3-4,6H2;/q;-1;. The molecular formula is C24H21HfS-. The second-order valence-electron chi connectivity index (χ2n) is 7.85. The van der Waals surface area contributed by atoms with Crippen molar-refractivity contribution in [1.82, 2.24) is 0 Å². The van der Waals surface area contributed by atoms with Gasteiger partial charge in [0.15, 0.2) is 0 Å². The molecule has 1 unspecified atom stereocenters. The molecule has 26 heavy (non-hydrogen) atoms. The molecule has 2 aromatic rings. The first-order chi connectivity index (χ1) is 12.3. The van der Waals surface area contributed by atoms with E-state index in [4.69, 9.17) is 0 Å². The van der Waals surface area contributed by atoms with Gasteiger partial charge in [0.2, 0.25) is 0 Å². The third-order valence-corrected chi connectivity index (χ3v) is 7.35. The van der Waals surface area contributed by atoms with Crippen molar-refractivity contribution in [1.29, 1.82) is 0 Å². The Kier molecular flexibility index (Phi) is 4.40. The molecule has 1 heterocycles. The maximum Gasteiger partial charge on any atom is 0.0656 e. The van der Waals surface area contributed by atoms with Crippen LogP contribution in [0.25, 0.3) is 12.2 Å². The molecule has 1 atom stereocenters. The minimum absolute atomic E-state index is 0. The Morgan fingerprint density at radius 1 is 0.769 bits per heavy atom. The Morgan fingerprint density at radius 3 is 2.19 bits per heavy atom. The van der Waals surface area contributed by atoms with Crippen molar-refractivity contribution in [2.45, 2.75) is 50.2 Å². The van der Waals surface area contributed by atoms with Crippen LogP contribution in [0.3, 0.4) is 0 Å². The molecule has 7 rings (SSSR count). The second-order valence-corrected chi connectivity index (χ2v) is 9.03. The van der Waals surface area contributed by atoms with Crippen LogP contribution in [0.5, 0.6) is 0 Å². The largest absolute Gasteiger partial charge is 0.272 e. The first-order valence-corrected chi connectivity index (χ1v) is 10.5. The maximum atomic E-state index is 3.27. The van der Waals surface area contributed by atoms with Crippen LogP contribution in [0.1, 0.15) is 62.6 Å². The van der Waals surface area contributed by atoms with E-state index >= 15 is 0 Å². The Hall–Kier alpha value is -0.860. The van der Waals surface area contributed by atoms with Crippen LogP contribution in [-0.2, 0) is 57.9 Å². The van der Waals surface area contributed by atoms with E-state index in [1.54, 1.807) is 32.7 Å². The van der Waals surface area contributed by atoms with E-state index in [0.29, 0.717) is 0 Å². The molecule has 0 spiro atoms. The molecule has 0 amide bonds. The van der Waals surface area contributed by atoms with E-state index < -0.39 is 0 Å². The third kappa shape index (κ3) is 2.85. The molecule has 0 aromatic heterocycles. The number of allylic oxidation sites excluding steroid dienone is 1. The van der Waals surface area contributed by atoms with E-state index in [0.717, 1.165) is 11.7 Å². The molecule has 0 saturated carbocycles. The van der Waals surface area contributed by atoms with Gasteiger partial charge in [-0.05, 0) is 72.4 Å². The molecule has 5 aliphatic rings. The first-order valence-electron chi connectivity index (χ1n) is 9.60. The molecule has 1 fully saturated rings. The normalized spacial score (nSPS) is 21.5. The van der Waals surface area contributed by atoms with Gasteiger partial charge in [-0.2, -0.15) is 5.56 Å². The Balaban J connectivity index is 0.000000112. The molecule has 1 aliphatic heterocycles. The number of hydrogen-bond donors (Lipinski definition) is 0. The minimum Gasteiger partial charge on any atom is -0.272 e. The quantitative estimate of drug-likeness (QED) is 0.238. The van der Waals surface area contributed by atoms with Crippen LogP contribution in [0.15, 0.2) is 29.2 Å². The monoisotopic (exact) mass is 521 g/mol. The zero-order valence-corrected chi connectivity index (χ0v) is 19.3. The van der Waals surface area contributed by atoms with Gasteiger partial charge < -0.3 is 0 Å². The number of aryl methyl sites for hydroxylation is 4. The van der Waals surface area contributed by atoms with E-state index in [1.807, 2.05) is 11.8 Å². The van der Waals surface area contributed by atoms with Gasteiger partial charge in [-0.15, -0.1) is 29.8 Å². The number of fused-ring (bicyclic) bond motifs is 6. The molecule has 4 aliphatic carbocycles. The molecular weight excluding hydrogens is 499 g/mol. The van der Waals surface area contributed by atoms with Gasteiger partial charge in [-0.1, -0.05) is 23.8 Å². The number of thioether (sulfide) groups is 1. The van der Waals surface area contributed by atoms with E-state index in [9.17, 15) is 0 Å². The summed E-state index contributed by atoms with van der Waals surface area (Å²) in [7, 11) is 0.